The van der Waals surface area contributed by atoms with Gasteiger partial charge in [-0.15, -0.1) is 0 Å². The Labute approximate surface area is 187 Å². The zero-order chi connectivity index (χ0) is 22.2. The lowest BCUT2D eigenvalue weighted by Gasteiger charge is -2.31. The lowest BCUT2D eigenvalue weighted by molar-refractivity contribution is -0.126. The highest BCUT2D eigenvalue weighted by Gasteiger charge is 2.23. The fraction of sp³-hybridized carbons (Fsp3) is 0.333. The van der Waals surface area contributed by atoms with E-state index in [0.717, 1.165) is 18.4 Å². The van der Waals surface area contributed by atoms with E-state index in [0.29, 0.717) is 41.8 Å². The molecule has 31 heavy (non-hydrogen) atoms. The van der Waals surface area contributed by atoms with Gasteiger partial charge in [0.1, 0.15) is 0 Å². The molecule has 2 aromatic rings. The highest BCUT2D eigenvalue weighted by atomic mass is 35.5. The van der Waals surface area contributed by atoms with Crippen LogP contribution < -0.4 is 14.8 Å². The Morgan fingerprint density at radius 3 is 2.55 bits per heavy atom. The molecule has 0 radical (unpaired) electrons. The van der Waals surface area contributed by atoms with Gasteiger partial charge in [-0.2, -0.15) is 0 Å². The number of hydrogen-bond donors (Lipinski definition) is 1. The summed E-state index contributed by atoms with van der Waals surface area (Å²) in [6, 6.07) is 12.7. The fourth-order valence-corrected chi connectivity index (χ4v) is 3.77. The van der Waals surface area contributed by atoms with E-state index in [4.69, 9.17) is 21.1 Å². The van der Waals surface area contributed by atoms with Crippen molar-refractivity contribution in [3.05, 3.63) is 64.7 Å². The maximum atomic E-state index is 12.6. The Hall–Kier alpha value is -2.99. The van der Waals surface area contributed by atoms with Gasteiger partial charge in [0, 0.05) is 30.8 Å². The highest BCUT2D eigenvalue weighted by Crippen LogP contribution is 2.36. The molecule has 0 aliphatic carbocycles. The lowest BCUT2D eigenvalue weighted by Crippen LogP contribution is -2.46. The largest absolute Gasteiger partial charge is 0.493 e. The number of amides is 2. The minimum atomic E-state index is -0.0772. The number of methoxy groups -OCH3 is 1. The molecular formula is C24H27ClN2O4. The summed E-state index contributed by atoms with van der Waals surface area (Å²) in [4.78, 5) is 26.7. The molecule has 6 nitrogen and oxygen atoms in total. The molecule has 1 saturated heterocycles. The van der Waals surface area contributed by atoms with Crippen LogP contribution in [0.25, 0.3) is 6.08 Å². The van der Waals surface area contributed by atoms with Crippen LogP contribution in [-0.2, 0) is 4.79 Å². The van der Waals surface area contributed by atoms with Crippen LogP contribution in [0.2, 0.25) is 5.02 Å². The molecule has 1 aliphatic rings. The standard InChI is InChI=1S/C24H27ClN2O4/c1-3-31-23-20(25)15-17(16-21(23)30-2)9-10-22(28)27-13-11-19(12-14-27)26-24(29)18-7-5-4-6-8-18/h4-10,15-16,19H,3,11-14H2,1-2H3,(H,26,29)/b10-9+. The number of ether oxygens (including phenoxy) is 2. The van der Waals surface area contributed by atoms with Gasteiger partial charge in [0.2, 0.25) is 5.91 Å². The van der Waals surface area contributed by atoms with Crippen LogP contribution in [0.3, 0.4) is 0 Å². The van der Waals surface area contributed by atoms with Gasteiger partial charge in [0.05, 0.1) is 18.7 Å². The quantitative estimate of drug-likeness (QED) is 0.653. The molecule has 0 spiro atoms. The zero-order valence-corrected chi connectivity index (χ0v) is 18.5. The first-order chi connectivity index (χ1) is 15.0. The van der Waals surface area contributed by atoms with Gasteiger partial charge in [0.15, 0.2) is 11.5 Å². The van der Waals surface area contributed by atoms with Crippen LogP contribution in [0.15, 0.2) is 48.5 Å². The van der Waals surface area contributed by atoms with E-state index < -0.39 is 0 Å². The predicted molar refractivity (Wildman–Crippen MR) is 122 cm³/mol. The van der Waals surface area contributed by atoms with Gasteiger partial charge in [-0.05, 0) is 55.7 Å². The van der Waals surface area contributed by atoms with Crippen molar-refractivity contribution in [2.75, 3.05) is 26.8 Å². The maximum absolute atomic E-state index is 12.6. The smallest absolute Gasteiger partial charge is 0.251 e. The summed E-state index contributed by atoms with van der Waals surface area (Å²) < 4.78 is 10.9. The SMILES string of the molecule is CCOc1c(Cl)cc(/C=C/C(=O)N2CCC(NC(=O)c3ccccc3)CC2)cc1OC. The Bertz CT molecular complexity index is 938. The molecule has 1 heterocycles. The molecule has 0 bridgehead atoms. The molecule has 0 saturated carbocycles. The lowest BCUT2D eigenvalue weighted by atomic mass is 10.0. The molecule has 7 heteroatoms. The highest BCUT2D eigenvalue weighted by molar-refractivity contribution is 6.32. The molecule has 2 aromatic carbocycles. The Morgan fingerprint density at radius 1 is 1.19 bits per heavy atom. The molecule has 164 valence electrons. The Balaban J connectivity index is 1.54. The van der Waals surface area contributed by atoms with E-state index in [2.05, 4.69) is 5.32 Å². The van der Waals surface area contributed by atoms with Gasteiger partial charge < -0.3 is 19.7 Å². The van der Waals surface area contributed by atoms with Gasteiger partial charge in [-0.25, -0.2) is 0 Å². The molecule has 0 unspecified atom stereocenters. The van der Waals surface area contributed by atoms with Crippen molar-refractivity contribution in [2.24, 2.45) is 0 Å². The van der Waals surface area contributed by atoms with Crippen molar-refractivity contribution in [1.29, 1.82) is 0 Å². The molecule has 1 N–H and O–H groups in total. The number of carbonyl (C=O) groups excluding carboxylic acids is 2. The van der Waals surface area contributed by atoms with E-state index in [9.17, 15) is 9.59 Å². The van der Waals surface area contributed by atoms with Crippen molar-refractivity contribution in [2.45, 2.75) is 25.8 Å². The number of hydrogen-bond acceptors (Lipinski definition) is 4. The summed E-state index contributed by atoms with van der Waals surface area (Å²) in [6.45, 7) is 3.54. The van der Waals surface area contributed by atoms with Crippen LogP contribution in [0, 0.1) is 0 Å². The molecule has 3 rings (SSSR count). The van der Waals surface area contributed by atoms with Crippen LogP contribution in [0.4, 0.5) is 0 Å². The van der Waals surface area contributed by atoms with E-state index in [1.54, 1.807) is 42.4 Å². The third-order valence-electron chi connectivity index (χ3n) is 5.14. The number of carbonyl (C=O) groups is 2. The minimum absolute atomic E-state index is 0.0647. The first kappa shape index (κ1) is 22.7. The van der Waals surface area contributed by atoms with Crippen molar-refractivity contribution < 1.29 is 19.1 Å². The molecular weight excluding hydrogens is 416 g/mol. The van der Waals surface area contributed by atoms with Crippen LogP contribution in [-0.4, -0.2) is 49.6 Å². The number of benzene rings is 2. The van der Waals surface area contributed by atoms with Crippen molar-refractivity contribution in [1.82, 2.24) is 10.2 Å². The van der Waals surface area contributed by atoms with Gasteiger partial charge >= 0.3 is 0 Å². The van der Waals surface area contributed by atoms with Gasteiger partial charge in [0.25, 0.3) is 5.91 Å². The second-order valence-electron chi connectivity index (χ2n) is 7.24. The number of nitrogens with one attached hydrogen (secondary N) is 1. The number of piperidine rings is 1. The Morgan fingerprint density at radius 2 is 1.90 bits per heavy atom. The maximum Gasteiger partial charge on any atom is 0.251 e. The third-order valence-corrected chi connectivity index (χ3v) is 5.42. The first-order valence-corrected chi connectivity index (χ1v) is 10.7. The number of likely N-dealkylation sites (tertiary alicyclic amines) is 1. The van der Waals surface area contributed by atoms with Crippen molar-refractivity contribution >= 4 is 29.5 Å². The Kier molecular flexibility index (Phi) is 7.95. The normalized spacial score (nSPS) is 14.5. The molecule has 1 fully saturated rings. The van der Waals surface area contributed by atoms with Crippen LogP contribution in [0.5, 0.6) is 11.5 Å². The summed E-state index contributed by atoms with van der Waals surface area (Å²) in [7, 11) is 1.55. The second-order valence-corrected chi connectivity index (χ2v) is 7.65. The third kappa shape index (κ3) is 6.01. The number of rotatable bonds is 7. The summed E-state index contributed by atoms with van der Waals surface area (Å²) in [5.41, 5.74) is 1.40. The van der Waals surface area contributed by atoms with Crippen molar-refractivity contribution in [3.63, 3.8) is 0 Å². The van der Waals surface area contributed by atoms with E-state index in [1.807, 2.05) is 25.1 Å². The van der Waals surface area contributed by atoms with E-state index >= 15 is 0 Å². The average molecular weight is 443 g/mol. The summed E-state index contributed by atoms with van der Waals surface area (Å²) in [5.74, 6) is 0.870. The minimum Gasteiger partial charge on any atom is -0.493 e. The summed E-state index contributed by atoms with van der Waals surface area (Å²) in [6.07, 6.45) is 4.70. The topological polar surface area (TPSA) is 67.9 Å². The predicted octanol–water partition coefficient (Wildman–Crippen LogP) is 4.18. The molecule has 0 aromatic heterocycles. The van der Waals surface area contributed by atoms with E-state index in [1.165, 1.54) is 6.08 Å². The zero-order valence-electron chi connectivity index (χ0n) is 17.8. The summed E-state index contributed by atoms with van der Waals surface area (Å²) >= 11 is 6.29. The molecule has 1 aliphatic heterocycles. The van der Waals surface area contributed by atoms with Crippen LogP contribution in [0.1, 0.15) is 35.7 Å². The van der Waals surface area contributed by atoms with Gasteiger partial charge in [-0.3, -0.25) is 9.59 Å². The van der Waals surface area contributed by atoms with Crippen LogP contribution >= 0.6 is 11.6 Å². The number of halogens is 1. The number of nitrogens with zero attached hydrogens (tertiary/aromatic N) is 1. The fourth-order valence-electron chi connectivity index (χ4n) is 3.50. The molecule has 0 atom stereocenters. The van der Waals surface area contributed by atoms with Crippen molar-refractivity contribution in [3.8, 4) is 11.5 Å². The monoisotopic (exact) mass is 442 g/mol. The molecule has 2 amide bonds. The van der Waals surface area contributed by atoms with E-state index in [-0.39, 0.29) is 17.9 Å². The average Bonchev–Trinajstić information content (AvgIpc) is 2.80. The summed E-state index contributed by atoms with van der Waals surface area (Å²) in [5, 5.41) is 3.49. The van der Waals surface area contributed by atoms with Gasteiger partial charge in [-0.1, -0.05) is 29.8 Å². The first-order valence-electron chi connectivity index (χ1n) is 10.3. The second kappa shape index (κ2) is 10.9.